The van der Waals surface area contributed by atoms with Crippen LogP contribution in [0.5, 0.6) is 5.75 Å². The molecule has 1 aliphatic carbocycles. The van der Waals surface area contributed by atoms with Crippen LogP contribution in [0.15, 0.2) is 24.3 Å². The molecule has 5 heteroatoms. The molecular weight excluding hydrogens is 264 g/mol. The van der Waals surface area contributed by atoms with Gasteiger partial charge in [0.05, 0.1) is 13.2 Å². The number of ether oxygens (including phenoxy) is 1. The fraction of sp³-hybridized carbons (Fsp3) is 0.500. The lowest BCUT2D eigenvalue weighted by atomic mass is 10.2. The highest BCUT2D eigenvalue weighted by molar-refractivity contribution is 5.85. The number of rotatable bonds is 5. The van der Waals surface area contributed by atoms with Gasteiger partial charge in [0, 0.05) is 12.6 Å². The zero-order valence-electron chi connectivity index (χ0n) is 11.3. The Labute approximate surface area is 120 Å². The molecule has 1 saturated carbocycles. The molecular formula is C14H21ClN2O2. The van der Waals surface area contributed by atoms with Crippen molar-refractivity contribution in [1.29, 1.82) is 0 Å². The molecule has 0 spiro atoms. The number of halogens is 1. The molecule has 1 aliphatic rings. The van der Waals surface area contributed by atoms with E-state index in [2.05, 4.69) is 0 Å². The first-order valence-corrected chi connectivity index (χ1v) is 6.31. The zero-order chi connectivity index (χ0) is 13.1. The molecule has 1 aromatic carbocycles. The summed E-state index contributed by atoms with van der Waals surface area (Å²) in [5.41, 5.74) is 6.80. The van der Waals surface area contributed by atoms with E-state index in [1.807, 2.05) is 29.2 Å². The lowest BCUT2D eigenvalue weighted by molar-refractivity contribution is -0.133. The average molecular weight is 285 g/mol. The summed E-state index contributed by atoms with van der Waals surface area (Å²) in [7, 11) is 1.64. The van der Waals surface area contributed by atoms with Crippen molar-refractivity contribution >= 4 is 18.3 Å². The van der Waals surface area contributed by atoms with Gasteiger partial charge in [-0.05, 0) is 37.5 Å². The van der Waals surface area contributed by atoms with Gasteiger partial charge in [-0.1, -0.05) is 12.1 Å². The van der Waals surface area contributed by atoms with Gasteiger partial charge in [0.2, 0.25) is 5.91 Å². The number of hydrogen-bond acceptors (Lipinski definition) is 3. The van der Waals surface area contributed by atoms with Gasteiger partial charge in [0.1, 0.15) is 5.75 Å². The third-order valence-corrected chi connectivity index (χ3v) is 3.17. The third kappa shape index (κ3) is 4.11. The standard InChI is InChI=1S/C14H20N2O2.ClH/c1-10(15)14(17)16(12-5-6-12)9-11-3-7-13(18-2)8-4-11;/h3-4,7-8,10,12H,5-6,9,15H2,1-2H3;1H/t10-;/m0./s1. The summed E-state index contributed by atoms with van der Waals surface area (Å²) in [5.74, 6) is 0.864. The molecule has 0 bridgehead atoms. The van der Waals surface area contributed by atoms with E-state index >= 15 is 0 Å². The number of amides is 1. The quantitative estimate of drug-likeness (QED) is 0.899. The van der Waals surface area contributed by atoms with Crippen LogP contribution in [0.25, 0.3) is 0 Å². The first-order valence-electron chi connectivity index (χ1n) is 6.31. The van der Waals surface area contributed by atoms with Crippen molar-refractivity contribution in [2.45, 2.75) is 38.4 Å². The first-order chi connectivity index (χ1) is 8.61. The number of hydrogen-bond donors (Lipinski definition) is 1. The van der Waals surface area contributed by atoms with Gasteiger partial charge in [0.15, 0.2) is 0 Å². The minimum Gasteiger partial charge on any atom is -0.497 e. The monoisotopic (exact) mass is 284 g/mol. The fourth-order valence-electron chi connectivity index (χ4n) is 1.96. The van der Waals surface area contributed by atoms with Crippen LogP contribution >= 0.6 is 12.4 Å². The van der Waals surface area contributed by atoms with Gasteiger partial charge in [-0.2, -0.15) is 0 Å². The molecule has 1 amide bonds. The van der Waals surface area contributed by atoms with Gasteiger partial charge in [-0.3, -0.25) is 4.79 Å². The summed E-state index contributed by atoms with van der Waals surface area (Å²) in [6, 6.07) is 7.76. The molecule has 2 N–H and O–H groups in total. The van der Waals surface area contributed by atoms with Gasteiger partial charge < -0.3 is 15.4 Å². The van der Waals surface area contributed by atoms with Gasteiger partial charge in [-0.25, -0.2) is 0 Å². The second kappa shape index (κ2) is 6.78. The van der Waals surface area contributed by atoms with Crippen molar-refractivity contribution in [3.8, 4) is 5.75 Å². The first kappa shape index (κ1) is 15.8. The van der Waals surface area contributed by atoms with Crippen LogP contribution in [0.4, 0.5) is 0 Å². The van der Waals surface area contributed by atoms with Crippen LogP contribution < -0.4 is 10.5 Å². The predicted molar refractivity (Wildman–Crippen MR) is 77.5 cm³/mol. The zero-order valence-corrected chi connectivity index (χ0v) is 12.2. The van der Waals surface area contributed by atoms with E-state index in [9.17, 15) is 4.79 Å². The highest BCUT2D eigenvalue weighted by atomic mass is 35.5. The van der Waals surface area contributed by atoms with Crippen molar-refractivity contribution in [2.24, 2.45) is 5.73 Å². The molecule has 1 aromatic rings. The Morgan fingerprint density at radius 3 is 2.42 bits per heavy atom. The van der Waals surface area contributed by atoms with Crippen LogP contribution in [0, 0.1) is 0 Å². The number of nitrogens with zero attached hydrogens (tertiary/aromatic N) is 1. The highest BCUT2D eigenvalue weighted by Crippen LogP contribution is 2.29. The molecule has 0 aromatic heterocycles. The molecule has 0 radical (unpaired) electrons. The maximum atomic E-state index is 12.0. The molecule has 106 valence electrons. The summed E-state index contributed by atoms with van der Waals surface area (Å²) < 4.78 is 5.12. The Kier molecular flexibility index (Phi) is 5.63. The largest absolute Gasteiger partial charge is 0.497 e. The summed E-state index contributed by atoms with van der Waals surface area (Å²) in [6.07, 6.45) is 2.18. The normalized spacial score (nSPS) is 15.3. The third-order valence-electron chi connectivity index (χ3n) is 3.17. The second-order valence-electron chi connectivity index (χ2n) is 4.83. The molecule has 0 heterocycles. The van der Waals surface area contributed by atoms with Crippen molar-refractivity contribution in [2.75, 3.05) is 7.11 Å². The summed E-state index contributed by atoms with van der Waals surface area (Å²) >= 11 is 0. The Morgan fingerprint density at radius 2 is 2.00 bits per heavy atom. The fourth-order valence-corrected chi connectivity index (χ4v) is 1.96. The van der Waals surface area contributed by atoms with E-state index in [-0.39, 0.29) is 18.3 Å². The Morgan fingerprint density at radius 1 is 1.42 bits per heavy atom. The highest BCUT2D eigenvalue weighted by Gasteiger charge is 2.33. The Bertz CT molecular complexity index is 416. The molecule has 1 fully saturated rings. The van der Waals surface area contributed by atoms with Crippen LogP contribution in [0.2, 0.25) is 0 Å². The number of nitrogens with two attached hydrogens (primary N) is 1. The summed E-state index contributed by atoms with van der Waals surface area (Å²) in [5, 5.41) is 0. The van der Waals surface area contributed by atoms with Crippen molar-refractivity contribution < 1.29 is 9.53 Å². The second-order valence-corrected chi connectivity index (χ2v) is 4.83. The molecule has 0 unspecified atom stereocenters. The van der Waals surface area contributed by atoms with E-state index in [1.165, 1.54) is 0 Å². The number of carbonyl (C=O) groups is 1. The topological polar surface area (TPSA) is 55.6 Å². The molecule has 0 saturated heterocycles. The predicted octanol–water partition coefficient (Wildman–Crippen LogP) is 1.96. The Hall–Kier alpha value is -1.26. The van der Waals surface area contributed by atoms with Gasteiger partial charge in [-0.15, -0.1) is 12.4 Å². The minimum absolute atomic E-state index is 0. The number of carbonyl (C=O) groups excluding carboxylic acids is 1. The minimum atomic E-state index is -0.427. The summed E-state index contributed by atoms with van der Waals surface area (Å²) in [6.45, 7) is 2.38. The van der Waals surface area contributed by atoms with Crippen LogP contribution in [-0.2, 0) is 11.3 Å². The maximum Gasteiger partial charge on any atom is 0.239 e. The van der Waals surface area contributed by atoms with E-state index < -0.39 is 6.04 Å². The molecule has 0 aliphatic heterocycles. The average Bonchev–Trinajstić information content (AvgIpc) is 3.20. The van der Waals surface area contributed by atoms with E-state index in [1.54, 1.807) is 14.0 Å². The lowest BCUT2D eigenvalue weighted by Gasteiger charge is -2.24. The molecule has 1 atom stereocenters. The van der Waals surface area contributed by atoms with Gasteiger partial charge >= 0.3 is 0 Å². The van der Waals surface area contributed by atoms with E-state index in [0.717, 1.165) is 24.2 Å². The van der Waals surface area contributed by atoms with Crippen molar-refractivity contribution in [3.05, 3.63) is 29.8 Å². The SMILES string of the molecule is COc1ccc(CN(C(=O)[C@H](C)N)C2CC2)cc1.Cl. The Balaban J connectivity index is 0.00000180. The van der Waals surface area contributed by atoms with E-state index in [0.29, 0.717) is 12.6 Å². The molecule has 4 nitrogen and oxygen atoms in total. The van der Waals surface area contributed by atoms with Crippen molar-refractivity contribution in [3.63, 3.8) is 0 Å². The number of benzene rings is 1. The smallest absolute Gasteiger partial charge is 0.239 e. The van der Waals surface area contributed by atoms with Crippen LogP contribution in [0.3, 0.4) is 0 Å². The lowest BCUT2D eigenvalue weighted by Crippen LogP contribution is -2.42. The van der Waals surface area contributed by atoms with Crippen molar-refractivity contribution in [1.82, 2.24) is 4.90 Å². The van der Waals surface area contributed by atoms with E-state index in [4.69, 9.17) is 10.5 Å². The van der Waals surface area contributed by atoms with Crippen LogP contribution in [0.1, 0.15) is 25.3 Å². The number of methoxy groups -OCH3 is 1. The van der Waals surface area contributed by atoms with Crippen LogP contribution in [-0.4, -0.2) is 30.0 Å². The maximum absolute atomic E-state index is 12.0. The molecule has 2 rings (SSSR count). The van der Waals surface area contributed by atoms with Gasteiger partial charge in [0.25, 0.3) is 0 Å². The summed E-state index contributed by atoms with van der Waals surface area (Å²) in [4.78, 5) is 13.9. The molecule has 19 heavy (non-hydrogen) atoms.